The van der Waals surface area contributed by atoms with Crippen molar-refractivity contribution in [3.8, 4) is 0 Å². The first kappa shape index (κ1) is 16.8. The van der Waals surface area contributed by atoms with Crippen molar-refractivity contribution in [3.05, 3.63) is 40.4 Å². The Balaban J connectivity index is 1.29. The van der Waals surface area contributed by atoms with Crippen molar-refractivity contribution >= 4 is 27.5 Å². The largest absolute Gasteiger partial charge is 0.339 e. The summed E-state index contributed by atoms with van der Waals surface area (Å²) in [5.74, 6) is 2.64. The van der Waals surface area contributed by atoms with Crippen LogP contribution in [0.2, 0.25) is 0 Å². The molecule has 8 heteroatoms. The fraction of sp³-hybridized carbons (Fsp3) is 0.474. The van der Waals surface area contributed by atoms with E-state index in [4.69, 9.17) is 0 Å². The fourth-order valence-corrected chi connectivity index (χ4v) is 4.98. The molecule has 3 aromatic rings. The third-order valence-electron chi connectivity index (χ3n) is 5.54. The summed E-state index contributed by atoms with van der Waals surface area (Å²) in [6.45, 7) is 6.23. The van der Waals surface area contributed by atoms with Crippen molar-refractivity contribution in [2.45, 2.75) is 38.8 Å². The van der Waals surface area contributed by atoms with Crippen LogP contribution >= 0.6 is 11.3 Å². The molecule has 1 aromatic carbocycles. The van der Waals surface area contributed by atoms with E-state index in [2.05, 4.69) is 25.1 Å². The van der Waals surface area contributed by atoms with Gasteiger partial charge in [0.2, 0.25) is 0 Å². The summed E-state index contributed by atoms with van der Waals surface area (Å²) >= 11 is 1.64. The Labute approximate surface area is 161 Å². The van der Waals surface area contributed by atoms with E-state index in [1.165, 1.54) is 0 Å². The monoisotopic (exact) mass is 382 g/mol. The topological polar surface area (TPSA) is 75.9 Å². The molecule has 2 aliphatic rings. The minimum atomic E-state index is 0.119. The quantitative estimate of drug-likeness (QED) is 0.736. The van der Waals surface area contributed by atoms with Gasteiger partial charge in [-0.2, -0.15) is 0 Å². The molecule has 0 atom stereocenters. The number of likely N-dealkylation sites (tertiary alicyclic amines) is 1. The molecular formula is C19H22N6OS. The van der Waals surface area contributed by atoms with E-state index in [-0.39, 0.29) is 5.91 Å². The van der Waals surface area contributed by atoms with Crippen LogP contribution in [0.5, 0.6) is 0 Å². The molecule has 140 valence electrons. The molecule has 2 aliphatic heterocycles. The number of thiazole rings is 1. The van der Waals surface area contributed by atoms with Gasteiger partial charge in [-0.3, -0.25) is 4.79 Å². The van der Waals surface area contributed by atoms with Crippen molar-refractivity contribution in [2.24, 2.45) is 0 Å². The molecule has 0 radical (unpaired) electrons. The lowest BCUT2D eigenvalue weighted by Gasteiger charge is -2.32. The summed E-state index contributed by atoms with van der Waals surface area (Å²) in [6.07, 6.45) is 1.89. The zero-order valence-electron chi connectivity index (χ0n) is 15.3. The van der Waals surface area contributed by atoms with E-state index in [0.29, 0.717) is 5.92 Å². The highest BCUT2D eigenvalue weighted by Crippen LogP contribution is 2.29. The molecule has 0 bridgehead atoms. The van der Waals surface area contributed by atoms with E-state index in [1.807, 2.05) is 30.0 Å². The number of aryl methyl sites for hydroxylation is 1. The number of carbonyl (C=O) groups is 1. The SMILES string of the molecule is Cc1nc2ccc(C(=O)N3CCC(c4nnc5n4CCNC5)CC3)cc2s1. The van der Waals surface area contributed by atoms with Crippen LogP contribution < -0.4 is 5.32 Å². The predicted octanol–water partition coefficient (Wildman–Crippen LogP) is 2.32. The van der Waals surface area contributed by atoms with Crippen LogP contribution in [-0.2, 0) is 13.1 Å². The summed E-state index contributed by atoms with van der Waals surface area (Å²) in [5, 5.41) is 13.1. The Morgan fingerprint density at radius 3 is 2.93 bits per heavy atom. The van der Waals surface area contributed by atoms with Crippen molar-refractivity contribution < 1.29 is 4.79 Å². The number of hydrogen-bond donors (Lipinski definition) is 1. The molecule has 0 unspecified atom stereocenters. The molecule has 5 rings (SSSR count). The van der Waals surface area contributed by atoms with Crippen LogP contribution in [0.15, 0.2) is 18.2 Å². The number of piperidine rings is 1. The Hall–Kier alpha value is -2.32. The second kappa shape index (κ2) is 6.69. The summed E-state index contributed by atoms with van der Waals surface area (Å²) < 4.78 is 3.34. The lowest BCUT2D eigenvalue weighted by molar-refractivity contribution is 0.0710. The molecule has 4 heterocycles. The molecule has 1 saturated heterocycles. The normalized spacial score (nSPS) is 18.0. The van der Waals surface area contributed by atoms with E-state index in [0.717, 1.165) is 78.0 Å². The fourth-order valence-electron chi connectivity index (χ4n) is 4.11. The van der Waals surface area contributed by atoms with E-state index < -0.39 is 0 Å². The first-order valence-electron chi connectivity index (χ1n) is 9.48. The van der Waals surface area contributed by atoms with Crippen LogP contribution in [0.25, 0.3) is 10.2 Å². The summed E-state index contributed by atoms with van der Waals surface area (Å²) in [4.78, 5) is 19.4. The summed E-state index contributed by atoms with van der Waals surface area (Å²) in [5.41, 5.74) is 1.73. The number of fused-ring (bicyclic) bond motifs is 2. The van der Waals surface area contributed by atoms with Crippen molar-refractivity contribution in [2.75, 3.05) is 19.6 Å². The highest BCUT2D eigenvalue weighted by atomic mass is 32.1. The van der Waals surface area contributed by atoms with Gasteiger partial charge in [0.05, 0.1) is 21.8 Å². The lowest BCUT2D eigenvalue weighted by atomic mass is 9.95. The van der Waals surface area contributed by atoms with Gasteiger partial charge in [0.1, 0.15) is 11.6 Å². The zero-order chi connectivity index (χ0) is 18.4. The van der Waals surface area contributed by atoms with Gasteiger partial charge in [0, 0.05) is 37.7 Å². The van der Waals surface area contributed by atoms with Gasteiger partial charge in [-0.1, -0.05) is 0 Å². The minimum absolute atomic E-state index is 0.119. The first-order chi connectivity index (χ1) is 13.2. The first-order valence-corrected chi connectivity index (χ1v) is 10.3. The average Bonchev–Trinajstić information content (AvgIpc) is 3.29. The van der Waals surface area contributed by atoms with Gasteiger partial charge >= 0.3 is 0 Å². The molecule has 0 spiro atoms. The van der Waals surface area contributed by atoms with Gasteiger partial charge in [-0.05, 0) is 38.0 Å². The molecule has 0 aliphatic carbocycles. The molecule has 0 saturated carbocycles. The van der Waals surface area contributed by atoms with Crippen LogP contribution in [0.1, 0.15) is 45.8 Å². The average molecular weight is 382 g/mol. The zero-order valence-corrected chi connectivity index (χ0v) is 16.1. The highest BCUT2D eigenvalue weighted by molar-refractivity contribution is 7.18. The summed E-state index contributed by atoms with van der Waals surface area (Å²) in [7, 11) is 0. The number of benzene rings is 1. The molecule has 7 nitrogen and oxygen atoms in total. The Morgan fingerprint density at radius 1 is 1.22 bits per heavy atom. The number of rotatable bonds is 2. The minimum Gasteiger partial charge on any atom is -0.339 e. The Morgan fingerprint density at radius 2 is 2.07 bits per heavy atom. The van der Waals surface area contributed by atoms with Gasteiger partial charge < -0.3 is 14.8 Å². The molecular weight excluding hydrogens is 360 g/mol. The maximum Gasteiger partial charge on any atom is 0.253 e. The second-order valence-corrected chi connectivity index (χ2v) is 8.52. The molecule has 2 aromatic heterocycles. The third kappa shape index (κ3) is 3.02. The molecule has 1 amide bonds. The standard InChI is InChI=1S/C19H22N6OS/c1-12-21-15-3-2-14(10-16(15)27-12)19(26)24-7-4-13(5-8-24)18-23-22-17-11-20-6-9-25(17)18/h2-3,10,13,20H,4-9,11H2,1H3. The van der Waals surface area contributed by atoms with E-state index in [1.54, 1.807) is 11.3 Å². The number of nitrogens with one attached hydrogen (secondary N) is 1. The maximum absolute atomic E-state index is 12.9. The van der Waals surface area contributed by atoms with E-state index >= 15 is 0 Å². The van der Waals surface area contributed by atoms with Crippen LogP contribution in [-0.4, -0.2) is 50.2 Å². The number of hydrogen-bond acceptors (Lipinski definition) is 6. The lowest BCUT2D eigenvalue weighted by Crippen LogP contribution is -2.38. The maximum atomic E-state index is 12.9. The number of nitrogens with zero attached hydrogens (tertiary/aromatic N) is 5. The smallest absolute Gasteiger partial charge is 0.253 e. The molecule has 1 fully saturated rings. The number of aromatic nitrogens is 4. The van der Waals surface area contributed by atoms with Gasteiger partial charge in [-0.15, -0.1) is 21.5 Å². The van der Waals surface area contributed by atoms with Gasteiger partial charge in [0.25, 0.3) is 5.91 Å². The van der Waals surface area contributed by atoms with Crippen molar-refractivity contribution in [1.29, 1.82) is 0 Å². The number of carbonyl (C=O) groups excluding carboxylic acids is 1. The Bertz CT molecular complexity index is 1000. The summed E-state index contributed by atoms with van der Waals surface area (Å²) in [6, 6.07) is 5.84. The highest BCUT2D eigenvalue weighted by Gasteiger charge is 2.29. The Kier molecular flexibility index (Phi) is 4.17. The predicted molar refractivity (Wildman–Crippen MR) is 104 cm³/mol. The third-order valence-corrected chi connectivity index (χ3v) is 6.47. The second-order valence-electron chi connectivity index (χ2n) is 7.28. The van der Waals surface area contributed by atoms with E-state index in [9.17, 15) is 4.79 Å². The number of amides is 1. The van der Waals surface area contributed by atoms with Crippen LogP contribution in [0.3, 0.4) is 0 Å². The van der Waals surface area contributed by atoms with Crippen LogP contribution in [0, 0.1) is 6.92 Å². The van der Waals surface area contributed by atoms with Crippen molar-refractivity contribution in [1.82, 2.24) is 30.0 Å². The molecule has 1 N–H and O–H groups in total. The van der Waals surface area contributed by atoms with Crippen LogP contribution in [0.4, 0.5) is 0 Å². The van der Waals surface area contributed by atoms with Gasteiger partial charge in [-0.25, -0.2) is 4.98 Å². The molecule has 27 heavy (non-hydrogen) atoms. The van der Waals surface area contributed by atoms with Crippen molar-refractivity contribution in [3.63, 3.8) is 0 Å². The van der Waals surface area contributed by atoms with Gasteiger partial charge in [0.15, 0.2) is 0 Å².